The van der Waals surface area contributed by atoms with Crippen molar-refractivity contribution in [2.75, 3.05) is 31.6 Å². The minimum atomic E-state index is -3.28. The molecule has 5 nitrogen and oxygen atoms in total. The number of nitrogens with zero attached hydrogens (tertiary/aromatic N) is 1. The van der Waals surface area contributed by atoms with Crippen molar-refractivity contribution >= 4 is 43.5 Å². The Labute approximate surface area is 150 Å². The van der Waals surface area contributed by atoms with Crippen molar-refractivity contribution in [1.82, 2.24) is 10.6 Å². The molecule has 128 valence electrons. The number of guanidine groups is 1. The van der Waals surface area contributed by atoms with Gasteiger partial charge in [-0.15, -0.1) is 0 Å². The monoisotopic (exact) mass is 419 g/mol. The van der Waals surface area contributed by atoms with E-state index in [0.717, 1.165) is 11.0 Å². The van der Waals surface area contributed by atoms with E-state index >= 15 is 0 Å². The lowest BCUT2D eigenvalue weighted by molar-refractivity contribution is 0.594. The molecule has 1 aliphatic rings. The highest BCUT2D eigenvalue weighted by Crippen LogP contribution is 2.25. The van der Waals surface area contributed by atoms with Crippen molar-refractivity contribution in [3.8, 4) is 0 Å². The van der Waals surface area contributed by atoms with Gasteiger partial charge < -0.3 is 10.6 Å². The molecule has 1 atom stereocenters. The van der Waals surface area contributed by atoms with Crippen LogP contribution in [0.2, 0.25) is 0 Å². The quantitative estimate of drug-likeness (QED) is 0.546. The lowest BCUT2D eigenvalue weighted by atomic mass is 10.2. The smallest absolute Gasteiger partial charge is 0.191 e. The first-order valence-electron chi connectivity index (χ1n) is 7.56. The minimum absolute atomic E-state index is 0.0352. The Morgan fingerprint density at radius 3 is 2.70 bits per heavy atom. The Morgan fingerprint density at radius 2 is 2.09 bits per heavy atom. The SMILES string of the molecule is CN=C(NCCS(=O)(=O)c1ccc(Br)cc1)NCC1CCCS1. The van der Waals surface area contributed by atoms with Gasteiger partial charge in [-0.05, 0) is 42.9 Å². The van der Waals surface area contributed by atoms with Crippen LogP contribution in [0, 0.1) is 0 Å². The number of aliphatic imine (C=N–C) groups is 1. The molecule has 1 unspecified atom stereocenters. The van der Waals surface area contributed by atoms with Gasteiger partial charge in [0, 0.05) is 29.9 Å². The molecule has 0 saturated carbocycles. The fraction of sp³-hybridized carbons (Fsp3) is 0.533. The van der Waals surface area contributed by atoms with Crippen molar-refractivity contribution in [3.05, 3.63) is 28.7 Å². The largest absolute Gasteiger partial charge is 0.355 e. The standard InChI is InChI=1S/C15H22BrN3O2S2/c1-17-15(19-11-13-3-2-9-22-13)18-8-10-23(20,21)14-6-4-12(16)5-7-14/h4-7,13H,2-3,8-11H2,1H3,(H2,17,18,19). The summed E-state index contributed by atoms with van der Waals surface area (Å²) in [5.41, 5.74) is 0. The number of rotatable bonds is 6. The van der Waals surface area contributed by atoms with Gasteiger partial charge in [-0.3, -0.25) is 4.99 Å². The van der Waals surface area contributed by atoms with Crippen LogP contribution < -0.4 is 10.6 Å². The fourth-order valence-electron chi connectivity index (χ4n) is 2.30. The van der Waals surface area contributed by atoms with Crippen LogP contribution in [0.4, 0.5) is 0 Å². The van der Waals surface area contributed by atoms with Gasteiger partial charge in [-0.25, -0.2) is 8.42 Å². The van der Waals surface area contributed by atoms with Crippen molar-refractivity contribution in [3.63, 3.8) is 0 Å². The molecular formula is C15H22BrN3O2S2. The summed E-state index contributed by atoms with van der Waals surface area (Å²) in [6.07, 6.45) is 2.50. The predicted molar refractivity (Wildman–Crippen MR) is 101 cm³/mol. The number of thioether (sulfide) groups is 1. The second-order valence-electron chi connectivity index (χ2n) is 5.29. The van der Waals surface area contributed by atoms with E-state index in [1.807, 2.05) is 11.8 Å². The molecule has 1 fully saturated rings. The van der Waals surface area contributed by atoms with Crippen molar-refractivity contribution in [1.29, 1.82) is 0 Å². The zero-order valence-electron chi connectivity index (χ0n) is 13.1. The molecule has 0 bridgehead atoms. The van der Waals surface area contributed by atoms with E-state index in [2.05, 4.69) is 31.6 Å². The minimum Gasteiger partial charge on any atom is -0.355 e. The molecule has 0 aromatic heterocycles. The van der Waals surface area contributed by atoms with Gasteiger partial charge in [-0.2, -0.15) is 11.8 Å². The Balaban J connectivity index is 1.78. The molecular weight excluding hydrogens is 398 g/mol. The van der Waals surface area contributed by atoms with E-state index in [4.69, 9.17) is 0 Å². The first-order valence-corrected chi connectivity index (χ1v) is 11.0. The number of benzene rings is 1. The third kappa shape index (κ3) is 6.00. The Morgan fingerprint density at radius 1 is 1.35 bits per heavy atom. The van der Waals surface area contributed by atoms with Gasteiger partial charge in [0.05, 0.1) is 10.6 Å². The van der Waals surface area contributed by atoms with E-state index in [0.29, 0.717) is 22.6 Å². The van der Waals surface area contributed by atoms with Crippen LogP contribution >= 0.6 is 27.7 Å². The summed E-state index contributed by atoms with van der Waals surface area (Å²) in [6.45, 7) is 1.19. The lowest BCUT2D eigenvalue weighted by Gasteiger charge is -2.14. The fourth-order valence-corrected chi connectivity index (χ4v) is 4.92. The van der Waals surface area contributed by atoms with Crippen molar-refractivity contribution in [2.24, 2.45) is 4.99 Å². The third-order valence-electron chi connectivity index (χ3n) is 3.58. The van der Waals surface area contributed by atoms with Gasteiger partial charge >= 0.3 is 0 Å². The molecule has 1 aromatic carbocycles. The molecule has 0 amide bonds. The normalized spacial score (nSPS) is 18.9. The average molecular weight is 420 g/mol. The summed E-state index contributed by atoms with van der Waals surface area (Å²) in [5, 5.41) is 6.96. The van der Waals surface area contributed by atoms with Gasteiger partial charge in [0.25, 0.3) is 0 Å². The summed E-state index contributed by atoms with van der Waals surface area (Å²) in [7, 11) is -1.59. The van der Waals surface area contributed by atoms with Crippen LogP contribution in [-0.4, -0.2) is 51.3 Å². The molecule has 2 rings (SSSR count). The van der Waals surface area contributed by atoms with Crippen LogP contribution in [0.25, 0.3) is 0 Å². The van der Waals surface area contributed by atoms with Crippen LogP contribution in [0.15, 0.2) is 38.6 Å². The number of hydrogen-bond donors (Lipinski definition) is 2. The van der Waals surface area contributed by atoms with E-state index in [1.54, 1.807) is 31.3 Å². The number of nitrogens with one attached hydrogen (secondary N) is 2. The van der Waals surface area contributed by atoms with Crippen molar-refractivity contribution < 1.29 is 8.42 Å². The topological polar surface area (TPSA) is 70.6 Å². The zero-order valence-corrected chi connectivity index (χ0v) is 16.3. The Kier molecular flexibility index (Phi) is 7.23. The molecule has 1 saturated heterocycles. The second kappa shape index (κ2) is 8.94. The Hall–Kier alpha value is -0.730. The molecule has 8 heteroatoms. The molecule has 0 radical (unpaired) electrons. The molecule has 1 heterocycles. The average Bonchev–Trinajstić information content (AvgIpc) is 3.04. The molecule has 0 spiro atoms. The number of halogens is 1. The summed E-state index contributed by atoms with van der Waals surface area (Å²) in [6, 6.07) is 6.70. The highest BCUT2D eigenvalue weighted by Gasteiger charge is 2.16. The zero-order chi connectivity index (χ0) is 16.7. The highest BCUT2D eigenvalue weighted by atomic mass is 79.9. The summed E-state index contributed by atoms with van der Waals surface area (Å²) in [5.74, 6) is 1.92. The van der Waals surface area contributed by atoms with Gasteiger partial charge in [0.2, 0.25) is 0 Å². The number of hydrogen-bond acceptors (Lipinski definition) is 4. The number of sulfone groups is 1. The van der Waals surface area contributed by atoms with Crippen LogP contribution in [0.3, 0.4) is 0 Å². The van der Waals surface area contributed by atoms with Gasteiger partial charge in [0.15, 0.2) is 15.8 Å². The van der Waals surface area contributed by atoms with Crippen LogP contribution in [0.1, 0.15) is 12.8 Å². The van der Waals surface area contributed by atoms with Crippen LogP contribution in [-0.2, 0) is 9.84 Å². The van der Waals surface area contributed by atoms with Gasteiger partial charge in [0.1, 0.15) is 0 Å². The van der Waals surface area contributed by atoms with E-state index in [9.17, 15) is 8.42 Å². The first-order chi connectivity index (χ1) is 11.0. The predicted octanol–water partition coefficient (Wildman–Crippen LogP) is 2.28. The molecule has 23 heavy (non-hydrogen) atoms. The summed E-state index contributed by atoms with van der Waals surface area (Å²) in [4.78, 5) is 4.48. The van der Waals surface area contributed by atoms with E-state index in [-0.39, 0.29) is 5.75 Å². The first kappa shape index (κ1) is 18.6. The summed E-state index contributed by atoms with van der Waals surface area (Å²) < 4.78 is 25.4. The van der Waals surface area contributed by atoms with E-state index < -0.39 is 9.84 Å². The van der Waals surface area contributed by atoms with Crippen LogP contribution in [0.5, 0.6) is 0 Å². The third-order valence-corrected chi connectivity index (χ3v) is 7.24. The second-order valence-corrected chi connectivity index (χ2v) is 9.72. The Bertz CT molecular complexity index is 627. The maximum absolute atomic E-state index is 12.3. The lowest BCUT2D eigenvalue weighted by Crippen LogP contribution is -2.41. The maximum atomic E-state index is 12.3. The maximum Gasteiger partial charge on any atom is 0.191 e. The highest BCUT2D eigenvalue weighted by molar-refractivity contribution is 9.10. The molecule has 2 N–H and O–H groups in total. The van der Waals surface area contributed by atoms with Gasteiger partial charge in [-0.1, -0.05) is 15.9 Å². The molecule has 1 aliphatic heterocycles. The van der Waals surface area contributed by atoms with E-state index in [1.165, 1.54) is 18.6 Å². The summed E-state index contributed by atoms with van der Waals surface area (Å²) >= 11 is 5.28. The molecule has 1 aromatic rings. The molecule has 0 aliphatic carbocycles. The van der Waals surface area contributed by atoms with Crippen molar-refractivity contribution in [2.45, 2.75) is 23.0 Å².